The van der Waals surface area contributed by atoms with Gasteiger partial charge in [-0.1, -0.05) is 36.4 Å². The zero-order valence-electron chi connectivity index (χ0n) is 11.1. The summed E-state index contributed by atoms with van der Waals surface area (Å²) in [5.41, 5.74) is 1.25. The Morgan fingerprint density at radius 2 is 2.11 bits per heavy atom. The predicted molar refractivity (Wildman–Crippen MR) is 73.0 cm³/mol. The molecule has 3 nitrogen and oxygen atoms in total. The van der Waals surface area contributed by atoms with Crippen LogP contribution >= 0.6 is 0 Å². The highest BCUT2D eigenvalue weighted by Gasteiger charge is 2.14. The SMILES string of the molecule is C=CC[C@H](CCC(=O)N(C)OC)c1ccccc1. The van der Waals surface area contributed by atoms with Gasteiger partial charge in [-0.15, -0.1) is 6.58 Å². The largest absolute Gasteiger partial charge is 0.275 e. The van der Waals surface area contributed by atoms with E-state index in [0.29, 0.717) is 12.3 Å². The molecule has 0 spiro atoms. The van der Waals surface area contributed by atoms with E-state index in [1.54, 1.807) is 7.05 Å². The summed E-state index contributed by atoms with van der Waals surface area (Å²) in [6.45, 7) is 3.78. The van der Waals surface area contributed by atoms with Gasteiger partial charge in [-0.25, -0.2) is 5.06 Å². The number of benzene rings is 1. The normalized spacial score (nSPS) is 11.9. The number of carbonyl (C=O) groups excluding carboxylic acids is 1. The van der Waals surface area contributed by atoms with Crippen molar-refractivity contribution in [2.45, 2.75) is 25.2 Å². The Kier molecular flexibility index (Phi) is 6.15. The molecule has 0 bridgehead atoms. The summed E-state index contributed by atoms with van der Waals surface area (Å²) in [5.74, 6) is 0.348. The number of nitrogens with zero attached hydrogens (tertiary/aromatic N) is 1. The van der Waals surface area contributed by atoms with Gasteiger partial charge >= 0.3 is 0 Å². The van der Waals surface area contributed by atoms with Gasteiger partial charge in [-0.3, -0.25) is 9.63 Å². The minimum absolute atomic E-state index is 0.00231. The molecule has 1 aromatic rings. The molecule has 0 saturated heterocycles. The van der Waals surface area contributed by atoms with Crippen LogP contribution in [0.1, 0.15) is 30.7 Å². The summed E-state index contributed by atoms with van der Waals surface area (Å²) in [6.07, 6.45) is 4.08. The highest BCUT2D eigenvalue weighted by Crippen LogP contribution is 2.25. The smallest absolute Gasteiger partial charge is 0.245 e. The summed E-state index contributed by atoms with van der Waals surface area (Å²) in [5, 5.41) is 1.27. The maximum absolute atomic E-state index is 11.7. The van der Waals surface area contributed by atoms with Gasteiger partial charge in [-0.2, -0.15) is 0 Å². The van der Waals surface area contributed by atoms with E-state index >= 15 is 0 Å². The number of carbonyl (C=O) groups is 1. The molecule has 1 aromatic carbocycles. The van der Waals surface area contributed by atoms with Crippen molar-refractivity contribution in [3.05, 3.63) is 48.6 Å². The van der Waals surface area contributed by atoms with Crippen molar-refractivity contribution in [3.8, 4) is 0 Å². The van der Waals surface area contributed by atoms with E-state index < -0.39 is 0 Å². The average Bonchev–Trinajstić information content (AvgIpc) is 2.43. The number of hydroxylamine groups is 2. The van der Waals surface area contributed by atoms with Crippen LogP contribution in [0, 0.1) is 0 Å². The Morgan fingerprint density at radius 1 is 1.44 bits per heavy atom. The Labute approximate surface area is 109 Å². The fraction of sp³-hybridized carbons (Fsp3) is 0.400. The monoisotopic (exact) mass is 247 g/mol. The second-order valence-electron chi connectivity index (χ2n) is 4.24. The van der Waals surface area contributed by atoms with Crippen molar-refractivity contribution < 1.29 is 9.63 Å². The molecule has 0 unspecified atom stereocenters. The third-order valence-corrected chi connectivity index (χ3v) is 3.05. The van der Waals surface area contributed by atoms with E-state index in [1.165, 1.54) is 17.7 Å². The van der Waals surface area contributed by atoms with Gasteiger partial charge in [0.25, 0.3) is 0 Å². The number of amides is 1. The van der Waals surface area contributed by atoms with Crippen molar-refractivity contribution in [1.29, 1.82) is 0 Å². The second kappa shape index (κ2) is 7.67. The van der Waals surface area contributed by atoms with Gasteiger partial charge in [-0.05, 0) is 24.3 Å². The van der Waals surface area contributed by atoms with Gasteiger partial charge < -0.3 is 0 Å². The van der Waals surface area contributed by atoms with E-state index in [9.17, 15) is 4.79 Å². The number of rotatable bonds is 7. The molecule has 0 heterocycles. The number of hydrogen-bond donors (Lipinski definition) is 0. The maximum Gasteiger partial charge on any atom is 0.245 e. The van der Waals surface area contributed by atoms with Gasteiger partial charge in [0.05, 0.1) is 7.11 Å². The van der Waals surface area contributed by atoms with Crippen LogP contribution in [-0.2, 0) is 9.63 Å². The number of hydrogen-bond acceptors (Lipinski definition) is 2. The molecule has 0 N–H and O–H groups in total. The zero-order chi connectivity index (χ0) is 13.4. The molecule has 3 heteroatoms. The van der Waals surface area contributed by atoms with Crippen LogP contribution in [0.15, 0.2) is 43.0 Å². The minimum Gasteiger partial charge on any atom is -0.275 e. The molecule has 18 heavy (non-hydrogen) atoms. The fourth-order valence-corrected chi connectivity index (χ4v) is 1.90. The zero-order valence-corrected chi connectivity index (χ0v) is 11.1. The third kappa shape index (κ3) is 4.34. The van der Waals surface area contributed by atoms with Gasteiger partial charge in [0.1, 0.15) is 0 Å². The molecule has 1 atom stereocenters. The lowest BCUT2D eigenvalue weighted by Gasteiger charge is -2.18. The van der Waals surface area contributed by atoms with Crippen molar-refractivity contribution in [1.82, 2.24) is 5.06 Å². The topological polar surface area (TPSA) is 29.5 Å². The molecule has 98 valence electrons. The Hall–Kier alpha value is -1.61. The molecule has 1 rings (SSSR count). The first-order valence-corrected chi connectivity index (χ1v) is 6.15. The second-order valence-corrected chi connectivity index (χ2v) is 4.24. The van der Waals surface area contributed by atoms with Crippen LogP contribution in [0.2, 0.25) is 0 Å². The highest BCUT2D eigenvalue weighted by molar-refractivity contribution is 5.74. The van der Waals surface area contributed by atoms with Crippen molar-refractivity contribution in [2.24, 2.45) is 0 Å². The molecule has 0 aromatic heterocycles. The first-order chi connectivity index (χ1) is 8.69. The van der Waals surface area contributed by atoms with Crippen LogP contribution in [0.25, 0.3) is 0 Å². The molecular formula is C15H21NO2. The molecule has 0 fully saturated rings. The molecule has 1 amide bonds. The first-order valence-electron chi connectivity index (χ1n) is 6.15. The summed E-state index contributed by atoms with van der Waals surface area (Å²) in [4.78, 5) is 16.6. The van der Waals surface area contributed by atoms with E-state index in [-0.39, 0.29) is 5.91 Å². The molecular weight excluding hydrogens is 226 g/mol. The summed E-state index contributed by atoms with van der Waals surface area (Å²) < 4.78 is 0. The Bertz CT molecular complexity index is 375. The standard InChI is InChI=1S/C15H21NO2/c1-4-8-13(14-9-6-5-7-10-14)11-12-15(17)16(2)18-3/h4-7,9-10,13H,1,8,11-12H2,2-3H3/t13-/m1/s1. The van der Waals surface area contributed by atoms with Crippen LogP contribution in [-0.4, -0.2) is 25.1 Å². The molecule has 0 aliphatic heterocycles. The number of allylic oxidation sites excluding steroid dienone is 1. The average molecular weight is 247 g/mol. The molecule has 0 aliphatic rings. The lowest BCUT2D eigenvalue weighted by Crippen LogP contribution is -2.25. The highest BCUT2D eigenvalue weighted by atomic mass is 16.7. The van der Waals surface area contributed by atoms with Crippen molar-refractivity contribution in [2.75, 3.05) is 14.2 Å². The quantitative estimate of drug-likeness (QED) is 0.547. The predicted octanol–water partition coefficient (Wildman–Crippen LogP) is 3.15. The fourth-order valence-electron chi connectivity index (χ4n) is 1.90. The van der Waals surface area contributed by atoms with Crippen LogP contribution in [0.3, 0.4) is 0 Å². The van der Waals surface area contributed by atoms with Crippen LogP contribution in [0.4, 0.5) is 0 Å². The molecule has 0 saturated carbocycles. The summed E-state index contributed by atoms with van der Waals surface area (Å²) in [7, 11) is 3.13. The van der Waals surface area contributed by atoms with Gasteiger partial charge in [0.15, 0.2) is 0 Å². The van der Waals surface area contributed by atoms with E-state index in [0.717, 1.165) is 12.8 Å². The maximum atomic E-state index is 11.7. The van der Waals surface area contributed by atoms with Crippen molar-refractivity contribution >= 4 is 5.91 Å². The van der Waals surface area contributed by atoms with Gasteiger partial charge in [0, 0.05) is 13.5 Å². The Balaban J connectivity index is 2.59. The van der Waals surface area contributed by atoms with Gasteiger partial charge in [0.2, 0.25) is 5.91 Å². The van der Waals surface area contributed by atoms with E-state index in [2.05, 4.69) is 18.7 Å². The van der Waals surface area contributed by atoms with Crippen LogP contribution in [0.5, 0.6) is 0 Å². The van der Waals surface area contributed by atoms with Crippen LogP contribution < -0.4 is 0 Å². The van der Waals surface area contributed by atoms with E-state index in [1.807, 2.05) is 24.3 Å². The van der Waals surface area contributed by atoms with Crippen molar-refractivity contribution in [3.63, 3.8) is 0 Å². The summed E-state index contributed by atoms with van der Waals surface area (Å²) >= 11 is 0. The van der Waals surface area contributed by atoms with E-state index in [4.69, 9.17) is 4.84 Å². The minimum atomic E-state index is 0.00231. The lowest BCUT2D eigenvalue weighted by atomic mass is 9.91. The first kappa shape index (κ1) is 14.5. The molecule has 0 radical (unpaired) electrons. The third-order valence-electron chi connectivity index (χ3n) is 3.05. The summed E-state index contributed by atoms with van der Waals surface area (Å²) in [6, 6.07) is 10.2. The molecule has 0 aliphatic carbocycles. The lowest BCUT2D eigenvalue weighted by molar-refractivity contribution is -0.168. The Morgan fingerprint density at radius 3 is 2.67 bits per heavy atom.